The number of pyridine rings is 2. The van der Waals surface area contributed by atoms with E-state index in [-0.39, 0.29) is 5.39 Å². The van der Waals surface area contributed by atoms with Crippen molar-refractivity contribution in [3.8, 4) is 11.1 Å². The molecule has 5 nitrogen and oxygen atoms in total. The van der Waals surface area contributed by atoms with Crippen LogP contribution in [0.3, 0.4) is 0 Å². The van der Waals surface area contributed by atoms with Gasteiger partial charge in [0, 0.05) is 28.5 Å². The van der Waals surface area contributed by atoms with Crippen LogP contribution in [0.4, 0.5) is 4.39 Å². The first-order valence-corrected chi connectivity index (χ1v) is 7.89. The highest BCUT2D eigenvalue weighted by Gasteiger charge is 2.19. The first kappa shape index (κ1) is 16.8. The van der Waals surface area contributed by atoms with Gasteiger partial charge in [-0.25, -0.2) is 9.18 Å². The molecule has 0 atom stereocenters. The van der Waals surface area contributed by atoms with E-state index >= 15 is 0 Å². The van der Waals surface area contributed by atoms with Crippen molar-refractivity contribution in [2.45, 2.75) is 27.2 Å². The lowest BCUT2D eigenvalue weighted by molar-refractivity contribution is 0.0695. The van der Waals surface area contributed by atoms with Crippen LogP contribution in [0.2, 0.25) is 0 Å². The van der Waals surface area contributed by atoms with Gasteiger partial charge >= 0.3 is 5.97 Å². The highest BCUT2D eigenvalue weighted by Crippen LogP contribution is 2.32. The van der Waals surface area contributed by atoms with Crippen molar-refractivity contribution >= 4 is 16.9 Å². The summed E-state index contributed by atoms with van der Waals surface area (Å²) in [6.45, 7) is 5.53. The number of halogens is 1. The number of hydrogen-bond acceptors (Lipinski definition) is 3. The average molecular weight is 340 g/mol. The maximum atomic E-state index is 14.9. The number of aromatic nitrogens is 2. The number of fused-ring (bicyclic) bond motifs is 1. The van der Waals surface area contributed by atoms with Crippen LogP contribution in [-0.4, -0.2) is 21.0 Å². The maximum absolute atomic E-state index is 14.9. The quantitative estimate of drug-likeness (QED) is 0.763. The van der Waals surface area contributed by atoms with Crippen molar-refractivity contribution in [3.63, 3.8) is 0 Å². The van der Waals surface area contributed by atoms with Crippen molar-refractivity contribution in [2.24, 2.45) is 0 Å². The van der Waals surface area contributed by atoms with E-state index in [0.29, 0.717) is 28.6 Å². The lowest BCUT2D eigenvalue weighted by Crippen LogP contribution is -2.16. The number of nitrogens with zero attached hydrogens (tertiary/aromatic N) is 1. The third-order valence-electron chi connectivity index (χ3n) is 4.19. The number of carboxylic acids is 1. The van der Waals surface area contributed by atoms with Crippen molar-refractivity contribution in [2.75, 3.05) is 0 Å². The molecule has 2 N–H and O–H groups in total. The van der Waals surface area contributed by atoms with Gasteiger partial charge in [-0.2, -0.15) is 0 Å². The standard InChI is InChI=1S/C19H17FN2O3/c1-4-12-16(11-5-9(2)22-10(3)6-11)15(20)7-13-17(12)21-8-14(18(13)23)19(24)25/h5-8H,4H2,1-3H3,(H,21,23)(H,24,25). The summed E-state index contributed by atoms with van der Waals surface area (Å²) in [6, 6.07) is 4.69. The van der Waals surface area contributed by atoms with Gasteiger partial charge in [0.25, 0.3) is 0 Å². The number of rotatable bonds is 3. The molecule has 0 aliphatic heterocycles. The van der Waals surface area contributed by atoms with Crippen molar-refractivity contribution < 1.29 is 14.3 Å². The third-order valence-corrected chi connectivity index (χ3v) is 4.19. The van der Waals surface area contributed by atoms with Gasteiger partial charge in [-0.05, 0) is 49.6 Å². The third kappa shape index (κ3) is 2.80. The van der Waals surface area contributed by atoms with Gasteiger partial charge in [-0.1, -0.05) is 6.92 Å². The normalized spacial score (nSPS) is 11.0. The Balaban J connectivity index is 2.42. The molecule has 0 spiro atoms. The zero-order valence-electron chi connectivity index (χ0n) is 14.1. The molecule has 3 aromatic rings. The summed E-state index contributed by atoms with van der Waals surface area (Å²) in [5.41, 5.74) is 2.63. The molecule has 0 radical (unpaired) electrons. The van der Waals surface area contributed by atoms with E-state index in [9.17, 15) is 14.0 Å². The van der Waals surface area contributed by atoms with Crippen LogP contribution in [0.5, 0.6) is 0 Å². The molecule has 2 aromatic heterocycles. The lowest BCUT2D eigenvalue weighted by Gasteiger charge is -2.14. The molecule has 0 aliphatic carbocycles. The summed E-state index contributed by atoms with van der Waals surface area (Å²) < 4.78 is 14.9. The van der Waals surface area contributed by atoms with E-state index in [1.165, 1.54) is 0 Å². The molecule has 0 unspecified atom stereocenters. The Bertz CT molecular complexity index is 1050. The minimum atomic E-state index is -1.34. The summed E-state index contributed by atoms with van der Waals surface area (Å²) in [5, 5.41) is 9.14. The number of nitrogens with one attached hydrogen (secondary N) is 1. The van der Waals surface area contributed by atoms with Crippen molar-refractivity contribution in [1.82, 2.24) is 9.97 Å². The maximum Gasteiger partial charge on any atom is 0.341 e. The molecule has 0 saturated carbocycles. The predicted octanol–water partition coefficient (Wildman–Crippen LogP) is 3.61. The number of carbonyl (C=O) groups is 1. The molecular formula is C19H17FN2O3. The number of hydrogen-bond donors (Lipinski definition) is 2. The monoisotopic (exact) mass is 340 g/mol. The van der Waals surface area contributed by atoms with Crippen molar-refractivity contribution in [3.05, 3.63) is 63.0 Å². The highest BCUT2D eigenvalue weighted by molar-refractivity contribution is 5.95. The smallest absolute Gasteiger partial charge is 0.341 e. The predicted molar refractivity (Wildman–Crippen MR) is 93.6 cm³/mol. The summed E-state index contributed by atoms with van der Waals surface area (Å²) in [6.07, 6.45) is 1.64. The fourth-order valence-corrected chi connectivity index (χ4v) is 3.21. The van der Waals surface area contributed by atoms with Crippen LogP contribution in [0, 0.1) is 19.7 Å². The molecule has 0 amide bonds. The van der Waals surface area contributed by atoms with Gasteiger partial charge in [0.05, 0.1) is 5.52 Å². The number of benzene rings is 1. The number of aromatic amines is 1. The van der Waals surface area contributed by atoms with Gasteiger partial charge in [0.1, 0.15) is 11.4 Å². The van der Waals surface area contributed by atoms with Gasteiger partial charge in [-0.3, -0.25) is 9.78 Å². The summed E-state index contributed by atoms with van der Waals surface area (Å²) in [4.78, 5) is 30.7. The number of aryl methyl sites for hydroxylation is 3. The topological polar surface area (TPSA) is 83.1 Å². The Hall–Kier alpha value is -3.02. The number of carboxylic acid groups (broad SMARTS) is 1. The molecule has 6 heteroatoms. The Labute approximate surface area is 143 Å². The highest BCUT2D eigenvalue weighted by atomic mass is 19.1. The first-order chi connectivity index (χ1) is 11.8. The van der Waals surface area contributed by atoms with E-state index in [0.717, 1.165) is 23.7 Å². The summed E-state index contributed by atoms with van der Waals surface area (Å²) in [7, 11) is 0. The number of aromatic carboxylic acids is 1. The molecule has 25 heavy (non-hydrogen) atoms. The Morgan fingerprint density at radius 2 is 1.88 bits per heavy atom. The molecule has 0 bridgehead atoms. The summed E-state index contributed by atoms with van der Waals surface area (Å²) in [5.74, 6) is -1.89. The van der Waals surface area contributed by atoms with Crippen LogP contribution in [0.15, 0.2) is 29.2 Å². The van der Waals surface area contributed by atoms with Gasteiger partial charge in [0.15, 0.2) is 0 Å². The molecule has 0 aliphatic rings. The van der Waals surface area contributed by atoms with Gasteiger partial charge in [-0.15, -0.1) is 0 Å². The minimum absolute atomic E-state index is 0.0421. The number of H-pyrrole nitrogens is 1. The first-order valence-electron chi connectivity index (χ1n) is 7.89. The molecule has 0 fully saturated rings. The minimum Gasteiger partial charge on any atom is -0.477 e. The van der Waals surface area contributed by atoms with Crippen LogP contribution in [0.1, 0.15) is 34.2 Å². The molecule has 0 saturated heterocycles. The van der Waals surface area contributed by atoms with E-state index in [2.05, 4.69) is 9.97 Å². The van der Waals surface area contributed by atoms with Crippen LogP contribution < -0.4 is 5.43 Å². The fraction of sp³-hybridized carbons (Fsp3) is 0.211. The van der Waals surface area contributed by atoms with Crippen LogP contribution in [-0.2, 0) is 6.42 Å². The van der Waals surface area contributed by atoms with Gasteiger partial charge < -0.3 is 10.1 Å². The second kappa shape index (κ2) is 6.12. The van der Waals surface area contributed by atoms with E-state index < -0.39 is 22.8 Å². The Kier molecular flexibility index (Phi) is 4.12. The fourth-order valence-electron chi connectivity index (χ4n) is 3.21. The van der Waals surface area contributed by atoms with Crippen molar-refractivity contribution in [1.29, 1.82) is 0 Å². The second-order valence-electron chi connectivity index (χ2n) is 5.96. The zero-order valence-corrected chi connectivity index (χ0v) is 14.1. The van der Waals surface area contributed by atoms with E-state index in [1.807, 2.05) is 20.8 Å². The van der Waals surface area contributed by atoms with Crippen LogP contribution in [0.25, 0.3) is 22.0 Å². The average Bonchev–Trinajstić information content (AvgIpc) is 2.53. The van der Waals surface area contributed by atoms with Crippen LogP contribution >= 0.6 is 0 Å². The lowest BCUT2D eigenvalue weighted by atomic mass is 9.93. The second-order valence-corrected chi connectivity index (χ2v) is 5.96. The van der Waals surface area contributed by atoms with Gasteiger partial charge in [0.2, 0.25) is 5.43 Å². The largest absolute Gasteiger partial charge is 0.477 e. The summed E-state index contributed by atoms with van der Waals surface area (Å²) >= 11 is 0. The molecule has 3 rings (SSSR count). The zero-order chi connectivity index (χ0) is 18.3. The van der Waals surface area contributed by atoms with E-state index in [4.69, 9.17) is 5.11 Å². The Morgan fingerprint density at radius 1 is 1.24 bits per heavy atom. The SMILES string of the molecule is CCc1c(-c2cc(C)nc(C)c2)c(F)cc2c(=O)c(C(=O)O)c[nH]c12. The molecule has 2 heterocycles. The molecule has 128 valence electrons. The Morgan fingerprint density at radius 3 is 2.44 bits per heavy atom. The molecular weight excluding hydrogens is 323 g/mol. The van der Waals surface area contributed by atoms with E-state index in [1.54, 1.807) is 12.1 Å². The molecule has 1 aromatic carbocycles.